The van der Waals surface area contributed by atoms with E-state index in [1.165, 1.54) is 11.3 Å². The van der Waals surface area contributed by atoms with Gasteiger partial charge in [0.05, 0.1) is 6.20 Å². The number of nitrogens with zero attached hydrogens (tertiary/aromatic N) is 2. The van der Waals surface area contributed by atoms with Crippen molar-refractivity contribution in [1.29, 1.82) is 5.26 Å². The van der Waals surface area contributed by atoms with Crippen molar-refractivity contribution in [2.45, 2.75) is 0 Å². The molecule has 1 unspecified atom stereocenters. The summed E-state index contributed by atoms with van der Waals surface area (Å²) in [5, 5.41) is 8.26. The Morgan fingerprint density at radius 1 is 1.88 bits per heavy atom. The van der Waals surface area contributed by atoms with E-state index in [0.717, 1.165) is 4.75 Å². The summed E-state index contributed by atoms with van der Waals surface area (Å²) in [6.07, 6.45) is 1.56. The van der Waals surface area contributed by atoms with Crippen LogP contribution in [0.5, 0.6) is 0 Å². The summed E-state index contributed by atoms with van der Waals surface area (Å²) in [6.45, 7) is 0. The third kappa shape index (κ3) is 1.03. The fraction of sp³-hybridized carbons (Fsp3) is 0. The maximum Gasteiger partial charge on any atom is 0.125 e. The number of hydrogen-bond acceptors (Lipinski definition) is 3. The molecule has 1 aromatic rings. The molecule has 0 N–H and O–H groups in total. The topological polar surface area (TPSA) is 36.7 Å². The summed E-state index contributed by atoms with van der Waals surface area (Å²) in [5.41, 5.74) is 0. The van der Waals surface area contributed by atoms with E-state index < -0.39 is 0 Å². The Kier molecular flexibility index (Phi) is 1.57. The van der Waals surface area contributed by atoms with Gasteiger partial charge in [0.2, 0.25) is 0 Å². The number of hydrogen-bond donors (Lipinski definition) is 0. The van der Waals surface area contributed by atoms with Gasteiger partial charge in [-0.15, -0.1) is 11.3 Å². The van der Waals surface area contributed by atoms with Crippen LogP contribution in [0.1, 0.15) is 4.88 Å². The molecule has 0 saturated carbocycles. The van der Waals surface area contributed by atoms with Crippen LogP contribution in [0.15, 0.2) is 6.20 Å². The first-order chi connectivity index (χ1) is 3.83. The van der Waals surface area contributed by atoms with E-state index in [1.54, 1.807) is 6.20 Å². The first kappa shape index (κ1) is 5.68. The van der Waals surface area contributed by atoms with Crippen LogP contribution in [-0.4, -0.2) is 4.98 Å². The van der Waals surface area contributed by atoms with E-state index in [0.29, 0.717) is 4.88 Å². The van der Waals surface area contributed by atoms with Crippen molar-refractivity contribution in [1.82, 2.24) is 4.98 Å². The molecule has 0 aromatic carbocycles. The van der Waals surface area contributed by atoms with E-state index >= 15 is 0 Å². The van der Waals surface area contributed by atoms with Crippen LogP contribution < -0.4 is 4.75 Å². The van der Waals surface area contributed by atoms with Crippen LogP contribution in [-0.2, 0) is 0 Å². The van der Waals surface area contributed by atoms with Crippen LogP contribution in [0.4, 0.5) is 0 Å². The van der Waals surface area contributed by atoms with Gasteiger partial charge in [-0.3, -0.25) is 0 Å². The van der Waals surface area contributed by atoms with Crippen molar-refractivity contribution in [2.24, 2.45) is 0 Å². The van der Waals surface area contributed by atoms with Crippen LogP contribution in [0.2, 0.25) is 0 Å². The summed E-state index contributed by atoms with van der Waals surface area (Å²) >= 11 is 1.38. The Balaban J connectivity index is 3.05. The Bertz CT molecular complexity index is 224. The molecule has 0 aliphatic carbocycles. The molecule has 0 aliphatic rings. The summed E-state index contributed by atoms with van der Waals surface area (Å²) in [6, 6.07) is 1.99. The van der Waals surface area contributed by atoms with Crippen molar-refractivity contribution < 1.29 is 0 Å². The SMILES string of the molecule is N#Cc1cnc(P)s1. The van der Waals surface area contributed by atoms with E-state index in [9.17, 15) is 0 Å². The van der Waals surface area contributed by atoms with E-state index in [2.05, 4.69) is 14.2 Å². The number of thiazole rings is 1. The predicted octanol–water partition coefficient (Wildman–Crippen LogP) is 0.515. The maximum atomic E-state index is 8.26. The molecule has 1 heterocycles. The van der Waals surface area contributed by atoms with Gasteiger partial charge in [-0.05, 0) is 0 Å². The number of rotatable bonds is 0. The van der Waals surface area contributed by atoms with Crippen LogP contribution in [0, 0.1) is 11.3 Å². The van der Waals surface area contributed by atoms with Crippen molar-refractivity contribution in [3.05, 3.63) is 11.1 Å². The van der Waals surface area contributed by atoms with Gasteiger partial charge in [0, 0.05) is 0 Å². The highest BCUT2D eigenvalue weighted by Gasteiger charge is 1.91. The largest absolute Gasteiger partial charge is 0.244 e. The van der Waals surface area contributed by atoms with Crippen molar-refractivity contribution in [3.63, 3.8) is 0 Å². The fourth-order valence-corrected chi connectivity index (χ4v) is 1.28. The second kappa shape index (κ2) is 2.21. The molecule has 2 nitrogen and oxygen atoms in total. The molecule has 0 aliphatic heterocycles. The van der Waals surface area contributed by atoms with Crippen molar-refractivity contribution in [2.75, 3.05) is 0 Å². The highest BCUT2D eigenvalue weighted by atomic mass is 32.1. The standard InChI is InChI=1S/C4H3N2PS/c5-1-3-2-6-4(7)8-3/h2H,7H2. The van der Waals surface area contributed by atoms with Crippen LogP contribution in [0.3, 0.4) is 0 Å². The molecule has 0 spiro atoms. The average Bonchev–Trinajstić information content (AvgIpc) is 2.14. The summed E-state index contributed by atoms with van der Waals surface area (Å²) in [4.78, 5) is 4.51. The lowest BCUT2D eigenvalue weighted by Crippen LogP contribution is -1.79. The third-order valence-corrected chi connectivity index (χ3v) is 1.87. The Morgan fingerprint density at radius 3 is 2.88 bits per heavy atom. The van der Waals surface area contributed by atoms with Gasteiger partial charge in [0.15, 0.2) is 0 Å². The zero-order valence-electron chi connectivity index (χ0n) is 3.96. The zero-order chi connectivity index (χ0) is 5.98. The number of aromatic nitrogens is 1. The van der Waals surface area contributed by atoms with Crippen LogP contribution >= 0.6 is 20.6 Å². The lowest BCUT2D eigenvalue weighted by molar-refractivity contribution is 1.44. The monoisotopic (exact) mass is 142 g/mol. The molecule has 4 heteroatoms. The summed E-state index contributed by atoms with van der Waals surface area (Å²) in [7, 11) is 2.44. The zero-order valence-corrected chi connectivity index (χ0v) is 5.93. The Hall–Kier alpha value is -0.450. The van der Waals surface area contributed by atoms with Gasteiger partial charge in [0.1, 0.15) is 15.7 Å². The molecule has 1 aromatic heterocycles. The fourth-order valence-electron chi connectivity index (χ4n) is 0.339. The van der Waals surface area contributed by atoms with E-state index in [-0.39, 0.29) is 0 Å². The average molecular weight is 142 g/mol. The summed E-state index contributed by atoms with van der Waals surface area (Å²) in [5.74, 6) is 0. The van der Waals surface area contributed by atoms with Gasteiger partial charge >= 0.3 is 0 Å². The highest BCUT2D eigenvalue weighted by Crippen LogP contribution is 2.02. The normalized spacial score (nSPS) is 8.50. The minimum Gasteiger partial charge on any atom is -0.244 e. The molecule has 0 bridgehead atoms. The smallest absolute Gasteiger partial charge is 0.125 e. The molecule has 1 atom stereocenters. The van der Waals surface area contributed by atoms with Crippen molar-refractivity contribution >= 4 is 25.3 Å². The Labute approximate surface area is 53.4 Å². The van der Waals surface area contributed by atoms with Gasteiger partial charge in [-0.25, -0.2) is 4.98 Å². The molecule has 40 valence electrons. The van der Waals surface area contributed by atoms with Gasteiger partial charge in [0.25, 0.3) is 0 Å². The van der Waals surface area contributed by atoms with Crippen molar-refractivity contribution in [3.8, 4) is 6.07 Å². The van der Waals surface area contributed by atoms with Crippen LogP contribution in [0.25, 0.3) is 0 Å². The molecule has 0 radical (unpaired) electrons. The molecule has 0 amide bonds. The van der Waals surface area contributed by atoms with E-state index in [4.69, 9.17) is 5.26 Å². The maximum absolute atomic E-state index is 8.26. The second-order valence-corrected chi connectivity index (χ2v) is 3.20. The minimum absolute atomic E-state index is 0.662. The highest BCUT2D eigenvalue weighted by molar-refractivity contribution is 7.42. The van der Waals surface area contributed by atoms with E-state index in [1.807, 2.05) is 6.07 Å². The molecular weight excluding hydrogens is 139 g/mol. The first-order valence-corrected chi connectivity index (χ1v) is 3.33. The third-order valence-electron chi connectivity index (χ3n) is 0.634. The lowest BCUT2D eigenvalue weighted by Gasteiger charge is -1.67. The Morgan fingerprint density at radius 2 is 2.62 bits per heavy atom. The predicted molar refractivity (Wildman–Crippen MR) is 36.2 cm³/mol. The molecule has 0 fully saturated rings. The molecule has 1 rings (SSSR count). The van der Waals surface area contributed by atoms with Gasteiger partial charge < -0.3 is 0 Å². The molecule has 0 saturated heterocycles. The van der Waals surface area contributed by atoms with Gasteiger partial charge in [-0.2, -0.15) is 5.26 Å². The number of nitriles is 1. The van der Waals surface area contributed by atoms with Gasteiger partial charge in [-0.1, -0.05) is 9.24 Å². The first-order valence-electron chi connectivity index (χ1n) is 1.94. The quantitative estimate of drug-likeness (QED) is 0.495. The summed E-state index contributed by atoms with van der Waals surface area (Å²) < 4.78 is 0.863. The minimum atomic E-state index is 0.662. The second-order valence-electron chi connectivity index (χ2n) is 1.17. The lowest BCUT2D eigenvalue weighted by atomic mass is 10.6. The molecule has 8 heavy (non-hydrogen) atoms. The molecular formula is C4H3N2PS.